The van der Waals surface area contributed by atoms with Gasteiger partial charge in [-0.05, 0) is 42.3 Å². The molecule has 2 N–H and O–H groups in total. The van der Waals surface area contributed by atoms with Crippen molar-refractivity contribution in [1.29, 1.82) is 0 Å². The molecule has 0 bridgehead atoms. The molecule has 130 valence electrons. The summed E-state index contributed by atoms with van der Waals surface area (Å²) < 4.78 is 36.9. The van der Waals surface area contributed by atoms with E-state index in [4.69, 9.17) is 9.47 Å². The van der Waals surface area contributed by atoms with E-state index in [-0.39, 0.29) is 12.6 Å². The molecule has 2 aromatic rings. The average Bonchev–Trinajstić information content (AvgIpc) is 2.57. The molecular formula is C18H21F2NO3. The minimum atomic E-state index is -0.824. The summed E-state index contributed by atoms with van der Waals surface area (Å²) in [6.07, 6.45) is -0.824. The molecule has 2 atom stereocenters. The second kappa shape index (κ2) is 8.08. The predicted molar refractivity (Wildman–Crippen MR) is 87.3 cm³/mol. The largest absolute Gasteiger partial charge is 0.497 e. The van der Waals surface area contributed by atoms with Crippen molar-refractivity contribution in [2.75, 3.05) is 20.8 Å². The van der Waals surface area contributed by atoms with E-state index in [1.165, 1.54) is 26.4 Å². The first-order chi connectivity index (χ1) is 11.4. The lowest BCUT2D eigenvalue weighted by Gasteiger charge is -2.19. The Kier molecular flexibility index (Phi) is 6.11. The van der Waals surface area contributed by atoms with Gasteiger partial charge in [0.1, 0.15) is 23.1 Å². The van der Waals surface area contributed by atoms with Crippen LogP contribution < -0.4 is 14.8 Å². The Labute approximate surface area is 140 Å². The third-order valence-corrected chi connectivity index (χ3v) is 3.76. The maximum atomic E-state index is 13.3. The Morgan fingerprint density at radius 1 is 0.917 bits per heavy atom. The Morgan fingerprint density at radius 3 is 1.96 bits per heavy atom. The standard InChI is InChI=1S/C18H21F2NO3/c1-11(12-4-14(19)8-15(20)5-12)21-10-18(22)13-6-16(23-2)9-17(7-13)24-3/h4-9,11,18,21-22H,10H2,1-3H3. The van der Waals surface area contributed by atoms with Crippen LogP contribution in [0, 0.1) is 11.6 Å². The normalized spacial score (nSPS) is 13.4. The minimum Gasteiger partial charge on any atom is -0.497 e. The molecule has 0 aliphatic carbocycles. The summed E-state index contributed by atoms with van der Waals surface area (Å²) in [6, 6.07) is 8.17. The number of benzene rings is 2. The number of hydrogen-bond donors (Lipinski definition) is 2. The summed E-state index contributed by atoms with van der Waals surface area (Å²) in [5.74, 6) is -0.110. The highest BCUT2D eigenvalue weighted by Crippen LogP contribution is 2.26. The van der Waals surface area contributed by atoms with Gasteiger partial charge in [-0.1, -0.05) is 0 Å². The molecule has 0 radical (unpaired) electrons. The van der Waals surface area contributed by atoms with Crippen LogP contribution in [0.15, 0.2) is 36.4 Å². The zero-order valence-corrected chi connectivity index (χ0v) is 13.8. The van der Waals surface area contributed by atoms with Crippen molar-refractivity contribution in [2.24, 2.45) is 0 Å². The smallest absolute Gasteiger partial charge is 0.126 e. The summed E-state index contributed by atoms with van der Waals surface area (Å²) in [5.41, 5.74) is 1.10. The summed E-state index contributed by atoms with van der Waals surface area (Å²) in [6.45, 7) is 1.97. The molecule has 6 heteroatoms. The van der Waals surface area contributed by atoms with Gasteiger partial charge in [0.05, 0.1) is 20.3 Å². The van der Waals surface area contributed by atoms with E-state index < -0.39 is 17.7 Å². The van der Waals surface area contributed by atoms with E-state index in [0.717, 1.165) is 6.07 Å². The zero-order valence-electron chi connectivity index (χ0n) is 13.8. The van der Waals surface area contributed by atoms with Crippen LogP contribution in [0.1, 0.15) is 30.2 Å². The molecule has 0 saturated heterocycles. The molecule has 24 heavy (non-hydrogen) atoms. The molecule has 0 aliphatic heterocycles. The molecule has 0 amide bonds. The number of aliphatic hydroxyl groups excluding tert-OH is 1. The molecule has 4 nitrogen and oxygen atoms in total. The first-order valence-corrected chi connectivity index (χ1v) is 7.53. The topological polar surface area (TPSA) is 50.7 Å². The van der Waals surface area contributed by atoms with Crippen molar-refractivity contribution in [3.63, 3.8) is 0 Å². The maximum Gasteiger partial charge on any atom is 0.126 e. The van der Waals surface area contributed by atoms with Gasteiger partial charge in [-0.15, -0.1) is 0 Å². The van der Waals surface area contributed by atoms with E-state index in [1.807, 2.05) is 0 Å². The number of aliphatic hydroxyl groups is 1. The molecule has 0 aliphatic rings. The fourth-order valence-electron chi connectivity index (χ4n) is 2.37. The fourth-order valence-corrected chi connectivity index (χ4v) is 2.37. The first kappa shape index (κ1) is 18.2. The number of rotatable bonds is 7. The van der Waals surface area contributed by atoms with Crippen LogP contribution in [0.25, 0.3) is 0 Å². The van der Waals surface area contributed by atoms with Crippen LogP contribution in [0.5, 0.6) is 11.5 Å². The molecule has 2 unspecified atom stereocenters. The summed E-state index contributed by atoms with van der Waals surface area (Å²) in [4.78, 5) is 0. The van der Waals surface area contributed by atoms with Crippen molar-refractivity contribution in [3.05, 3.63) is 59.2 Å². The summed E-state index contributed by atoms with van der Waals surface area (Å²) >= 11 is 0. The molecule has 0 spiro atoms. The van der Waals surface area contributed by atoms with E-state index in [0.29, 0.717) is 22.6 Å². The number of halogens is 2. The summed E-state index contributed by atoms with van der Waals surface area (Å²) in [7, 11) is 3.06. The van der Waals surface area contributed by atoms with Gasteiger partial charge in [0.15, 0.2) is 0 Å². The molecule has 0 heterocycles. The van der Waals surface area contributed by atoms with E-state index >= 15 is 0 Å². The van der Waals surface area contributed by atoms with Gasteiger partial charge >= 0.3 is 0 Å². The van der Waals surface area contributed by atoms with Crippen molar-refractivity contribution in [2.45, 2.75) is 19.1 Å². The highest BCUT2D eigenvalue weighted by Gasteiger charge is 2.14. The molecule has 2 aromatic carbocycles. The van der Waals surface area contributed by atoms with Crippen LogP contribution >= 0.6 is 0 Å². The number of methoxy groups -OCH3 is 2. The lowest BCUT2D eigenvalue weighted by Crippen LogP contribution is -2.25. The first-order valence-electron chi connectivity index (χ1n) is 7.53. The lowest BCUT2D eigenvalue weighted by atomic mass is 10.1. The second-order valence-electron chi connectivity index (χ2n) is 5.49. The second-order valence-corrected chi connectivity index (χ2v) is 5.49. The average molecular weight is 337 g/mol. The van der Waals surface area contributed by atoms with Crippen molar-refractivity contribution < 1.29 is 23.4 Å². The Hall–Kier alpha value is -2.18. The lowest BCUT2D eigenvalue weighted by molar-refractivity contribution is 0.170. The summed E-state index contributed by atoms with van der Waals surface area (Å²) in [5, 5.41) is 13.4. The zero-order chi connectivity index (χ0) is 17.7. The van der Waals surface area contributed by atoms with Gasteiger partial charge in [0.2, 0.25) is 0 Å². The monoisotopic (exact) mass is 337 g/mol. The molecular weight excluding hydrogens is 316 g/mol. The van der Waals surface area contributed by atoms with Gasteiger partial charge < -0.3 is 19.9 Å². The van der Waals surface area contributed by atoms with Crippen molar-refractivity contribution >= 4 is 0 Å². The van der Waals surface area contributed by atoms with Crippen molar-refractivity contribution in [1.82, 2.24) is 5.32 Å². The quantitative estimate of drug-likeness (QED) is 0.813. The van der Waals surface area contributed by atoms with Crippen molar-refractivity contribution in [3.8, 4) is 11.5 Å². The third kappa shape index (κ3) is 4.66. The van der Waals surface area contributed by atoms with Crippen LogP contribution in [-0.4, -0.2) is 25.9 Å². The number of ether oxygens (including phenoxy) is 2. The fraction of sp³-hybridized carbons (Fsp3) is 0.333. The van der Waals surface area contributed by atoms with E-state index in [1.54, 1.807) is 25.1 Å². The van der Waals surface area contributed by atoms with Crippen LogP contribution in [0.3, 0.4) is 0 Å². The Balaban J connectivity index is 2.05. The molecule has 2 rings (SSSR count). The molecule has 0 saturated carbocycles. The van der Waals surface area contributed by atoms with Crippen LogP contribution in [-0.2, 0) is 0 Å². The van der Waals surface area contributed by atoms with Crippen LogP contribution in [0.2, 0.25) is 0 Å². The predicted octanol–water partition coefficient (Wildman–Crippen LogP) is 3.37. The van der Waals surface area contributed by atoms with Gasteiger partial charge in [-0.3, -0.25) is 0 Å². The van der Waals surface area contributed by atoms with Gasteiger partial charge in [-0.2, -0.15) is 0 Å². The highest BCUT2D eigenvalue weighted by atomic mass is 19.1. The maximum absolute atomic E-state index is 13.3. The minimum absolute atomic E-state index is 0.204. The van der Waals surface area contributed by atoms with Crippen LogP contribution in [0.4, 0.5) is 8.78 Å². The number of hydrogen-bond acceptors (Lipinski definition) is 4. The van der Waals surface area contributed by atoms with Gasteiger partial charge in [0, 0.05) is 24.7 Å². The van der Waals surface area contributed by atoms with Gasteiger partial charge in [0.25, 0.3) is 0 Å². The molecule has 0 fully saturated rings. The Morgan fingerprint density at radius 2 is 1.46 bits per heavy atom. The molecule has 0 aromatic heterocycles. The SMILES string of the molecule is COc1cc(OC)cc(C(O)CNC(C)c2cc(F)cc(F)c2)c1. The van der Waals surface area contributed by atoms with Gasteiger partial charge in [-0.25, -0.2) is 8.78 Å². The third-order valence-electron chi connectivity index (χ3n) is 3.76. The van der Waals surface area contributed by atoms with E-state index in [9.17, 15) is 13.9 Å². The highest BCUT2D eigenvalue weighted by molar-refractivity contribution is 5.39. The van der Waals surface area contributed by atoms with E-state index in [2.05, 4.69) is 5.32 Å². The number of nitrogens with one attached hydrogen (secondary N) is 1. The Bertz CT molecular complexity index is 651.